The van der Waals surface area contributed by atoms with Gasteiger partial charge in [0.05, 0.1) is 6.54 Å². The third-order valence-corrected chi connectivity index (χ3v) is 3.00. The molecule has 1 amide bonds. The molecule has 2 heterocycles. The number of hydrogen-bond acceptors (Lipinski definition) is 4. The number of amides is 1. The molecule has 1 aliphatic heterocycles. The van der Waals surface area contributed by atoms with E-state index >= 15 is 0 Å². The lowest BCUT2D eigenvalue weighted by Crippen LogP contribution is -2.27. The van der Waals surface area contributed by atoms with Crippen molar-refractivity contribution in [3.63, 3.8) is 0 Å². The van der Waals surface area contributed by atoms with Crippen molar-refractivity contribution >= 4 is 11.9 Å². The highest BCUT2D eigenvalue weighted by molar-refractivity contribution is 5.93. The van der Waals surface area contributed by atoms with Gasteiger partial charge in [0.1, 0.15) is 0 Å². The molecule has 0 bridgehead atoms. The molecule has 0 aliphatic carbocycles. The SMILES string of the molecule is O=C1CCCN1c1nnnn1Cc1ccccc1. The number of hydrogen-bond donors (Lipinski definition) is 0. The zero-order valence-electron chi connectivity index (χ0n) is 9.86. The van der Waals surface area contributed by atoms with Gasteiger partial charge in [-0.2, -0.15) is 0 Å². The Morgan fingerprint density at radius 2 is 2.06 bits per heavy atom. The molecule has 1 aromatic carbocycles. The second kappa shape index (κ2) is 4.56. The molecule has 1 saturated heterocycles. The third kappa shape index (κ3) is 1.97. The second-order valence-corrected chi connectivity index (χ2v) is 4.27. The van der Waals surface area contributed by atoms with Gasteiger partial charge in [-0.1, -0.05) is 35.4 Å². The predicted molar refractivity (Wildman–Crippen MR) is 64.9 cm³/mol. The van der Waals surface area contributed by atoms with Gasteiger partial charge in [-0.05, 0) is 22.4 Å². The smallest absolute Gasteiger partial charge is 0.252 e. The number of rotatable bonds is 3. The van der Waals surface area contributed by atoms with Gasteiger partial charge in [-0.25, -0.2) is 4.68 Å². The monoisotopic (exact) mass is 243 g/mol. The molecule has 1 fully saturated rings. The van der Waals surface area contributed by atoms with Crippen LogP contribution >= 0.6 is 0 Å². The molecule has 0 radical (unpaired) electrons. The first-order valence-electron chi connectivity index (χ1n) is 5.95. The average Bonchev–Trinajstić information content (AvgIpc) is 2.99. The first kappa shape index (κ1) is 10.9. The zero-order chi connectivity index (χ0) is 12.4. The van der Waals surface area contributed by atoms with Gasteiger partial charge in [-0.3, -0.25) is 9.69 Å². The number of nitrogens with zero attached hydrogens (tertiary/aromatic N) is 5. The number of carbonyl (C=O) groups excluding carboxylic acids is 1. The first-order valence-corrected chi connectivity index (χ1v) is 5.95. The molecule has 0 unspecified atom stereocenters. The summed E-state index contributed by atoms with van der Waals surface area (Å²) < 4.78 is 1.67. The van der Waals surface area contributed by atoms with Gasteiger partial charge in [0.15, 0.2) is 0 Å². The molecule has 3 rings (SSSR count). The number of aromatic nitrogens is 4. The van der Waals surface area contributed by atoms with Crippen molar-refractivity contribution in [1.82, 2.24) is 20.2 Å². The van der Waals surface area contributed by atoms with Gasteiger partial charge in [0.2, 0.25) is 5.91 Å². The highest BCUT2D eigenvalue weighted by Gasteiger charge is 2.26. The first-order chi connectivity index (χ1) is 8.84. The largest absolute Gasteiger partial charge is 0.280 e. The minimum absolute atomic E-state index is 0.0964. The lowest BCUT2D eigenvalue weighted by Gasteiger charge is -2.13. The van der Waals surface area contributed by atoms with Crippen LogP contribution in [0.15, 0.2) is 30.3 Å². The lowest BCUT2D eigenvalue weighted by atomic mass is 10.2. The van der Waals surface area contributed by atoms with E-state index in [0.717, 1.165) is 12.0 Å². The molecule has 2 aromatic rings. The summed E-state index contributed by atoms with van der Waals surface area (Å²) in [6, 6.07) is 9.93. The molecule has 6 nitrogen and oxygen atoms in total. The van der Waals surface area contributed by atoms with E-state index in [9.17, 15) is 4.79 Å². The fourth-order valence-electron chi connectivity index (χ4n) is 2.11. The molecule has 92 valence electrons. The molecule has 0 spiro atoms. The molecular formula is C12H13N5O. The Kier molecular flexibility index (Phi) is 2.76. The molecular weight excluding hydrogens is 230 g/mol. The van der Waals surface area contributed by atoms with E-state index < -0.39 is 0 Å². The summed E-state index contributed by atoms with van der Waals surface area (Å²) in [5.74, 6) is 0.639. The summed E-state index contributed by atoms with van der Waals surface area (Å²) in [7, 11) is 0. The van der Waals surface area contributed by atoms with Crippen LogP contribution in [-0.4, -0.2) is 32.7 Å². The van der Waals surface area contributed by atoms with Crippen LogP contribution in [0.3, 0.4) is 0 Å². The minimum atomic E-state index is 0.0964. The van der Waals surface area contributed by atoms with Crippen molar-refractivity contribution in [3.8, 4) is 0 Å². The van der Waals surface area contributed by atoms with Crippen LogP contribution in [0.4, 0.5) is 5.95 Å². The number of benzene rings is 1. The normalized spacial score (nSPS) is 15.3. The maximum absolute atomic E-state index is 11.7. The maximum atomic E-state index is 11.7. The van der Waals surface area contributed by atoms with Crippen molar-refractivity contribution in [2.75, 3.05) is 11.4 Å². The van der Waals surface area contributed by atoms with Gasteiger partial charge in [0, 0.05) is 13.0 Å². The van der Waals surface area contributed by atoms with Crippen molar-refractivity contribution in [2.45, 2.75) is 19.4 Å². The second-order valence-electron chi connectivity index (χ2n) is 4.27. The number of anilines is 1. The Labute approximate surface area is 104 Å². The van der Waals surface area contributed by atoms with E-state index in [0.29, 0.717) is 25.5 Å². The Morgan fingerprint density at radius 1 is 1.22 bits per heavy atom. The van der Waals surface area contributed by atoms with Crippen LogP contribution in [0.5, 0.6) is 0 Å². The summed E-state index contributed by atoms with van der Waals surface area (Å²) in [4.78, 5) is 13.4. The van der Waals surface area contributed by atoms with Crippen LogP contribution in [-0.2, 0) is 11.3 Å². The molecule has 18 heavy (non-hydrogen) atoms. The summed E-state index contributed by atoms with van der Waals surface area (Å²) in [5, 5.41) is 11.6. The van der Waals surface area contributed by atoms with Gasteiger partial charge < -0.3 is 0 Å². The predicted octanol–water partition coefficient (Wildman–Crippen LogP) is 0.848. The Morgan fingerprint density at radius 3 is 2.78 bits per heavy atom. The number of tetrazole rings is 1. The van der Waals surface area contributed by atoms with E-state index in [4.69, 9.17) is 0 Å². The fraction of sp³-hybridized carbons (Fsp3) is 0.333. The summed E-state index contributed by atoms with van der Waals surface area (Å²) in [6.45, 7) is 1.28. The highest BCUT2D eigenvalue weighted by Crippen LogP contribution is 2.18. The quantitative estimate of drug-likeness (QED) is 0.801. The minimum Gasteiger partial charge on any atom is -0.280 e. The lowest BCUT2D eigenvalue weighted by molar-refractivity contribution is -0.117. The van der Waals surface area contributed by atoms with E-state index in [-0.39, 0.29) is 5.91 Å². The topological polar surface area (TPSA) is 63.9 Å². The van der Waals surface area contributed by atoms with Crippen LogP contribution in [0.1, 0.15) is 18.4 Å². The van der Waals surface area contributed by atoms with Crippen molar-refractivity contribution < 1.29 is 4.79 Å². The van der Waals surface area contributed by atoms with E-state index in [1.807, 2.05) is 30.3 Å². The van der Waals surface area contributed by atoms with Gasteiger partial charge in [-0.15, -0.1) is 0 Å². The van der Waals surface area contributed by atoms with E-state index in [2.05, 4.69) is 15.5 Å². The molecule has 0 atom stereocenters. The summed E-state index contributed by atoms with van der Waals surface area (Å²) >= 11 is 0. The number of carbonyl (C=O) groups is 1. The molecule has 1 aromatic heterocycles. The van der Waals surface area contributed by atoms with Crippen molar-refractivity contribution in [2.24, 2.45) is 0 Å². The molecule has 6 heteroatoms. The van der Waals surface area contributed by atoms with E-state index in [1.165, 1.54) is 0 Å². The molecule has 0 N–H and O–H groups in total. The maximum Gasteiger partial charge on any atom is 0.252 e. The molecule has 1 aliphatic rings. The standard InChI is InChI=1S/C12H13N5O/c18-11-7-4-8-16(11)12-13-14-15-17(12)9-10-5-2-1-3-6-10/h1-3,5-6H,4,7-9H2. The van der Waals surface area contributed by atoms with Crippen LogP contribution in [0.25, 0.3) is 0 Å². The van der Waals surface area contributed by atoms with Crippen molar-refractivity contribution in [3.05, 3.63) is 35.9 Å². The van der Waals surface area contributed by atoms with Crippen LogP contribution in [0.2, 0.25) is 0 Å². The molecule has 0 saturated carbocycles. The van der Waals surface area contributed by atoms with Crippen molar-refractivity contribution in [1.29, 1.82) is 0 Å². The average molecular weight is 243 g/mol. The Balaban J connectivity index is 1.85. The van der Waals surface area contributed by atoms with Gasteiger partial charge >= 0.3 is 0 Å². The Bertz CT molecular complexity index is 551. The van der Waals surface area contributed by atoms with Crippen LogP contribution < -0.4 is 4.90 Å². The zero-order valence-corrected chi connectivity index (χ0v) is 9.86. The van der Waals surface area contributed by atoms with E-state index in [1.54, 1.807) is 9.58 Å². The highest BCUT2D eigenvalue weighted by atomic mass is 16.2. The third-order valence-electron chi connectivity index (χ3n) is 3.00. The van der Waals surface area contributed by atoms with Crippen LogP contribution in [0, 0.1) is 0 Å². The Hall–Kier alpha value is -2.24. The fourth-order valence-corrected chi connectivity index (χ4v) is 2.11. The summed E-state index contributed by atoms with van der Waals surface area (Å²) in [5.41, 5.74) is 1.11. The van der Waals surface area contributed by atoms with Gasteiger partial charge in [0.25, 0.3) is 5.95 Å². The summed E-state index contributed by atoms with van der Waals surface area (Å²) in [6.07, 6.45) is 1.45.